The Morgan fingerprint density at radius 3 is 2.42 bits per heavy atom. The van der Waals surface area contributed by atoms with E-state index in [1.807, 2.05) is 18.0 Å². The van der Waals surface area contributed by atoms with Crippen LogP contribution >= 0.6 is 0 Å². The summed E-state index contributed by atoms with van der Waals surface area (Å²) in [6.45, 7) is 1.71. The van der Waals surface area contributed by atoms with Crippen molar-refractivity contribution in [3.8, 4) is 11.1 Å². The number of para-hydroxylation sites is 1. The Labute approximate surface area is 196 Å². The number of nitrogens with one attached hydrogen (secondary N) is 1. The zero-order valence-electron chi connectivity index (χ0n) is 19.1. The van der Waals surface area contributed by atoms with Crippen LogP contribution in [-0.4, -0.2) is 26.0 Å². The first-order chi connectivity index (χ1) is 16.2. The number of hydrogen-bond donors (Lipinski definition) is 1. The first-order valence-corrected chi connectivity index (χ1v) is 11.8. The Bertz CT molecular complexity index is 1260. The van der Waals surface area contributed by atoms with Crippen LogP contribution in [0.15, 0.2) is 91.0 Å². The van der Waals surface area contributed by atoms with Crippen molar-refractivity contribution in [1.82, 2.24) is 5.32 Å². The van der Waals surface area contributed by atoms with E-state index in [4.69, 9.17) is 0 Å². The molecule has 1 aliphatic heterocycles. The Morgan fingerprint density at radius 2 is 1.61 bits per heavy atom. The summed E-state index contributed by atoms with van der Waals surface area (Å²) in [5.74, 6) is 0.664. The SMILES string of the molecule is CNCC1Cc2ccccc2N(C(=O)CCc2ccc(-c3ccc4ccccc4c3)cc2)C1. The molecule has 3 nitrogen and oxygen atoms in total. The van der Waals surface area contributed by atoms with Gasteiger partial charge in [-0.15, -0.1) is 0 Å². The Balaban J connectivity index is 1.27. The summed E-state index contributed by atoms with van der Waals surface area (Å²) >= 11 is 0. The minimum Gasteiger partial charge on any atom is -0.319 e. The standard InChI is InChI=1S/C30H30N2O/c1-31-20-23-18-28-8-4-5-9-29(28)32(21-23)30(33)17-12-22-10-13-25(14-11-22)27-16-15-24-6-2-3-7-26(24)19-27/h2-11,13-16,19,23,31H,12,17-18,20-21H2,1H3. The van der Waals surface area contributed by atoms with Crippen LogP contribution < -0.4 is 10.2 Å². The van der Waals surface area contributed by atoms with Crippen molar-refractivity contribution in [2.24, 2.45) is 5.92 Å². The number of carbonyl (C=O) groups excluding carboxylic acids is 1. The Morgan fingerprint density at radius 1 is 0.879 bits per heavy atom. The summed E-state index contributed by atoms with van der Waals surface area (Å²) in [4.78, 5) is 15.2. The first-order valence-electron chi connectivity index (χ1n) is 11.8. The number of hydrogen-bond acceptors (Lipinski definition) is 2. The normalized spacial score (nSPS) is 15.4. The summed E-state index contributed by atoms with van der Waals surface area (Å²) in [7, 11) is 1.98. The van der Waals surface area contributed by atoms with Crippen LogP contribution in [-0.2, 0) is 17.6 Å². The number of fused-ring (bicyclic) bond motifs is 2. The van der Waals surface area contributed by atoms with Gasteiger partial charge in [-0.1, -0.05) is 78.9 Å². The van der Waals surface area contributed by atoms with Crippen LogP contribution in [0.4, 0.5) is 5.69 Å². The molecule has 0 fully saturated rings. The topological polar surface area (TPSA) is 32.3 Å². The molecule has 1 amide bonds. The van der Waals surface area contributed by atoms with Crippen molar-refractivity contribution >= 4 is 22.4 Å². The van der Waals surface area contributed by atoms with Crippen molar-refractivity contribution in [2.45, 2.75) is 19.3 Å². The lowest BCUT2D eigenvalue weighted by molar-refractivity contribution is -0.118. The lowest BCUT2D eigenvalue weighted by Gasteiger charge is -2.34. The van der Waals surface area contributed by atoms with E-state index in [0.29, 0.717) is 12.3 Å². The molecular formula is C30H30N2O. The third-order valence-corrected chi connectivity index (χ3v) is 6.69. The van der Waals surface area contributed by atoms with Gasteiger partial charge in [0, 0.05) is 18.7 Å². The quantitative estimate of drug-likeness (QED) is 0.412. The van der Waals surface area contributed by atoms with Crippen molar-refractivity contribution in [3.63, 3.8) is 0 Å². The third kappa shape index (κ3) is 4.69. The molecule has 0 spiro atoms. The molecule has 1 N–H and O–H groups in total. The largest absolute Gasteiger partial charge is 0.319 e. The highest BCUT2D eigenvalue weighted by Gasteiger charge is 2.27. The Kier molecular flexibility index (Phi) is 6.23. The molecule has 166 valence electrons. The highest BCUT2D eigenvalue weighted by molar-refractivity contribution is 5.94. The molecule has 0 aromatic heterocycles. The molecule has 1 unspecified atom stereocenters. The molecule has 1 atom stereocenters. The fourth-order valence-electron chi connectivity index (χ4n) is 4.96. The number of rotatable bonds is 6. The van der Waals surface area contributed by atoms with Gasteiger partial charge in [0.15, 0.2) is 0 Å². The predicted octanol–water partition coefficient (Wildman–Crippen LogP) is 5.86. The average molecular weight is 435 g/mol. The van der Waals surface area contributed by atoms with Gasteiger partial charge in [-0.2, -0.15) is 0 Å². The molecule has 33 heavy (non-hydrogen) atoms. The van der Waals surface area contributed by atoms with Crippen LogP contribution in [0, 0.1) is 5.92 Å². The molecule has 0 bridgehead atoms. The molecule has 0 saturated heterocycles. The van der Waals surface area contributed by atoms with Crippen LogP contribution in [0.5, 0.6) is 0 Å². The van der Waals surface area contributed by atoms with E-state index in [9.17, 15) is 4.79 Å². The molecule has 3 heteroatoms. The van der Waals surface area contributed by atoms with Crippen molar-refractivity contribution < 1.29 is 4.79 Å². The van der Waals surface area contributed by atoms with E-state index >= 15 is 0 Å². The summed E-state index contributed by atoms with van der Waals surface area (Å²) in [6.07, 6.45) is 2.30. The van der Waals surface area contributed by atoms with Gasteiger partial charge in [0.25, 0.3) is 0 Å². The van der Waals surface area contributed by atoms with E-state index in [1.54, 1.807) is 0 Å². The zero-order chi connectivity index (χ0) is 22.6. The zero-order valence-corrected chi connectivity index (χ0v) is 19.1. The molecule has 1 heterocycles. The molecule has 5 rings (SSSR count). The van der Waals surface area contributed by atoms with Crippen molar-refractivity contribution in [2.75, 3.05) is 25.0 Å². The molecule has 0 aliphatic carbocycles. The second-order valence-electron chi connectivity index (χ2n) is 9.02. The number of aryl methyl sites for hydroxylation is 1. The van der Waals surface area contributed by atoms with Gasteiger partial charge in [-0.25, -0.2) is 0 Å². The van der Waals surface area contributed by atoms with E-state index < -0.39 is 0 Å². The van der Waals surface area contributed by atoms with Gasteiger partial charge in [0.2, 0.25) is 5.91 Å². The van der Waals surface area contributed by atoms with Gasteiger partial charge in [-0.05, 0) is 77.5 Å². The molecular weight excluding hydrogens is 404 g/mol. The van der Waals surface area contributed by atoms with Crippen LogP contribution in [0.2, 0.25) is 0 Å². The molecule has 1 aliphatic rings. The van der Waals surface area contributed by atoms with E-state index in [1.165, 1.54) is 33.0 Å². The van der Waals surface area contributed by atoms with E-state index in [-0.39, 0.29) is 5.91 Å². The maximum atomic E-state index is 13.2. The number of nitrogens with zero attached hydrogens (tertiary/aromatic N) is 1. The first kappa shape index (κ1) is 21.4. The second kappa shape index (κ2) is 9.60. The van der Waals surface area contributed by atoms with E-state index in [2.05, 4.69) is 90.2 Å². The average Bonchev–Trinajstić information content (AvgIpc) is 2.87. The predicted molar refractivity (Wildman–Crippen MR) is 138 cm³/mol. The highest BCUT2D eigenvalue weighted by atomic mass is 16.2. The molecule has 4 aromatic carbocycles. The lowest BCUT2D eigenvalue weighted by Crippen LogP contribution is -2.42. The van der Waals surface area contributed by atoms with Gasteiger partial charge in [0.1, 0.15) is 0 Å². The fourth-order valence-corrected chi connectivity index (χ4v) is 4.96. The maximum Gasteiger partial charge on any atom is 0.227 e. The Hall–Kier alpha value is -3.43. The maximum absolute atomic E-state index is 13.2. The van der Waals surface area contributed by atoms with Crippen molar-refractivity contribution in [3.05, 3.63) is 102 Å². The number of benzene rings is 4. The summed E-state index contributed by atoms with van der Waals surface area (Å²) in [5.41, 5.74) is 5.98. The van der Waals surface area contributed by atoms with Crippen LogP contribution in [0.1, 0.15) is 17.5 Å². The number of anilines is 1. The third-order valence-electron chi connectivity index (χ3n) is 6.69. The fraction of sp³-hybridized carbons (Fsp3) is 0.233. The van der Waals surface area contributed by atoms with Crippen molar-refractivity contribution in [1.29, 1.82) is 0 Å². The lowest BCUT2D eigenvalue weighted by atomic mass is 9.92. The molecule has 0 radical (unpaired) electrons. The van der Waals surface area contributed by atoms with Gasteiger partial charge < -0.3 is 10.2 Å². The number of carbonyl (C=O) groups is 1. The highest BCUT2D eigenvalue weighted by Crippen LogP contribution is 2.30. The molecule has 4 aromatic rings. The minimum absolute atomic E-state index is 0.210. The summed E-state index contributed by atoms with van der Waals surface area (Å²) in [6, 6.07) is 32.0. The minimum atomic E-state index is 0.210. The van der Waals surface area contributed by atoms with Gasteiger partial charge in [-0.3, -0.25) is 4.79 Å². The monoisotopic (exact) mass is 434 g/mol. The van der Waals surface area contributed by atoms with Crippen LogP contribution in [0.25, 0.3) is 21.9 Å². The second-order valence-corrected chi connectivity index (χ2v) is 9.02. The smallest absolute Gasteiger partial charge is 0.227 e. The molecule has 0 saturated carbocycles. The summed E-state index contributed by atoms with van der Waals surface area (Å²) in [5, 5.41) is 5.79. The van der Waals surface area contributed by atoms with E-state index in [0.717, 1.165) is 31.6 Å². The summed E-state index contributed by atoms with van der Waals surface area (Å²) < 4.78 is 0. The van der Waals surface area contributed by atoms with Gasteiger partial charge in [0.05, 0.1) is 0 Å². The van der Waals surface area contributed by atoms with Crippen LogP contribution in [0.3, 0.4) is 0 Å². The van der Waals surface area contributed by atoms with Gasteiger partial charge >= 0.3 is 0 Å². The number of amides is 1.